The number of nitrogens with two attached hydrogens (primary N) is 2. The second-order valence-corrected chi connectivity index (χ2v) is 6.15. The first-order valence-electron chi connectivity index (χ1n) is 8.01. The number of ether oxygens (including phenoxy) is 1. The quantitative estimate of drug-likeness (QED) is 0.600. The van der Waals surface area contributed by atoms with Crippen LogP contribution in [0.2, 0.25) is 0 Å². The zero-order valence-electron chi connectivity index (χ0n) is 13.7. The van der Waals surface area contributed by atoms with E-state index < -0.39 is 35.6 Å². The van der Waals surface area contributed by atoms with E-state index in [0.717, 1.165) is 12.1 Å². The number of hydrogen-bond acceptors (Lipinski definition) is 6. The van der Waals surface area contributed by atoms with E-state index in [9.17, 15) is 17.6 Å². The molecule has 0 amide bonds. The van der Waals surface area contributed by atoms with E-state index in [4.69, 9.17) is 16.2 Å². The number of alkyl halides is 4. The standard InChI is InChI=1S/C16H19F4N5O/c17-11-8-23-5-3-13(11)26-12-2-1-9(7-10(12)15(18,19)20)16(22)24-6-4-14(21)25-16/h1-2,4,6-7,11,13,23-24H,3,5,8,22H2,(H2,21,25)/t11-,13-,16?/m0/s1. The van der Waals surface area contributed by atoms with Gasteiger partial charge in [0.2, 0.25) is 5.79 Å². The Balaban J connectivity index is 1.95. The van der Waals surface area contributed by atoms with Gasteiger partial charge in [0, 0.05) is 18.3 Å². The van der Waals surface area contributed by atoms with Gasteiger partial charge < -0.3 is 21.1 Å². The zero-order valence-corrected chi connectivity index (χ0v) is 13.7. The molecular weight excluding hydrogens is 354 g/mol. The van der Waals surface area contributed by atoms with Crippen molar-refractivity contribution in [1.29, 1.82) is 0 Å². The van der Waals surface area contributed by atoms with Crippen LogP contribution in [0.3, 0.4) is 0 Å². The van der Waals surface area contributed by atoms with Crippen molar-refractivity contribution >= 4 is 5.84 Å². The van der Waals surface area contributed by atoms with Gasteiger partial charge in [-0.15, -0.1) is 0 Å². The lowest BCUT2D eigenvalue weighted by Gasteiger charge is -2.31. The van der Waals surface area contributed by atoms with E-state index in [1.54, 1.807) is 0 Å². The van der Waals surface area contributed by atoms with Crippen molar-refractivity contribution in [2.75, 3.05) is 13.1 Å². The van der Waals surface area contributed by atoms with Crippen LogP contribution in [-0.2, 0) is 12.0 Å². The van der Waals surface area contributed by atoms with Gasteiger partial charge >= 0.3 is 6.18 Å². The number of aliphatic imine (C=N–C) groups is 1. The molecular formula is C16H19F4N5O. The Bertz CT molecular complexity index is 736. The lowest BCUT2D eigenvalue weighted by atomic mass is 10.0. The molecule has 2 heterocycles. The molecule has 0 bridgehead atoms. The van der Waals surface area contributed by atoms with E-state index in [2.05, 4.69) is 15.6 Å². The number of benzene rings is 1. The Morgan fingerprint density at radius 3 is 2.73 bits per heavy atom. The highest BCUT2D eigenvalue weighted by atomic mass is 19.4. The van der Waals surface area contributed by atoms with Crippen LogP contribution < -0.4 is 26.8 Å². The fraction of sp³-hybridized carbons (Fsp3) is 0.438. The first-order chi connectivity index (χ1) is 12.2. The largest absolute Gasteiger partial charge is 0.487 e. The molecule has 1 aromatic rings. The summed E-state index contributed by atoms with van der Waals surface area (Å²) >= 11 is 0. The molecule has 142 valence electrons. The highest BCUT2D eigenvalue weighted by molar-refractivity contribution is 5.92. The smallest absolute Gasteiger partial charge is 0.419 e. The zero-order chi connectivity index (χ0) is 18.9. The maximum absolute atomic E-state index is 13.9. The first kappa shape index (κ1) is 18.5. The van der Waals surface area contributed by atoms with Gasteiger partial charge in [-0.05, 0) is 37.2 Å². The van der Waals surface area contributed by atoms with Crippen LogP contribution in [0.25, 0.3) is 0 Å². The Morgan fingerprint density at radius 2 is 2.08 bits per heavy atom. The van der Waals surface area contributed by atoms with Gasteiger partial charge in [0.25, 0.3) is 0 Å². The molecule has 2 aliphatic heterocycles. The van der Waals surface area contributed by atoms with Crippen molar-refractivity contribution in [1.82, 2.24) is 10.6 Å². The highest BCUT2D eigenvalue weighted by Gasteiger charge is 2.39. The van der Waals surface area contributed by atoms with Crippen molar-refractivity contribution < 1.29 is 22.3 Å². The van der Waals surface area contributed by atoms with Crippen LogP contribution in [0.5, 0.6) is 5.75 Å². The maximum Gasteiger partial charge on any atom is 0.419 e. The first-order valence-corrected chi connectivity index (χ1v) is 8.01. The summed E-state index contributed by atoms with van der Waals surface area (Å²) in [5.41, 5.74) is 10.6. The Kier molecular flexibility index (Phi) is 4.80. The maximum atomic E-state index is 13.9. The third-order valence-corrected chi connectivity index (χ3v) is 4.21. The lowest BCUT2D eigenvalue weighted by molar-refractivity contribution is -0.139. The van der Waals surface area contributed by atoms with Crippen molar-refractivity contribution in [3.8, 4) is 5.75 Å². The van der Waals surface area contributed by atoms with Gasteiger partial charge in [-0.1, -0.05) is 0 Å². The Labute approximate surface area is 147 Å². The van der Waals surface area contributed by atoms with Crippen molar-refractivity contribution in [2.24, 2.45) is 16.5 Å². The number of hydrogen-bond donors (Lipinski definition) is 4. The normalized spacial score (nSPS) is 29.0. The van der Waals surface area contributed by atoms with Gasteiger partial charge in [-0.3, -0.25) is 5.73 Å². The monoisotopic (exact) mass is 373 g/mol. The summed E-state index contributed by atoms with van der Waals surface area (Å²) < 4.78 is 59.8. The molecule has 0 aliphatic carbocycles. The molecule has 10 heteroatoms. The Morgan fingerprint density at radius 1 is 1.31 bits per heavy atom. The highest BCUT2D eigenvalue weighted by Crippen LogP contribution is 2.39. The number of rotatable bonds is 3. The van der Waals surface area contributed by atoms with Crippen LogP contribution in [-0.4, -0.2) is 31.2 Å². The topological polar surface area (TPSA) is 97.7 Å². The van der Waals surface area contributed by atoms with E-state index in [-0.39, 0.29) is 24.4 Å². The minimum absolute atomic E-state index is 0.0419. The average molecular weight is 373 g/mol. The number of piperidine rings is 1. The molecule has 3 rings (SSSR count). The van der Waals surface area contributed by atoms with E-state index >= 15 is 0 Å². The molecule has 0 saturated carbocycles. The fourth-order valence-corrected chi connectivity index (χ4v) is 2.86. The van der Waals surface area contributed by atoms with Crippen LogP contribution in [0.1, 0.15) is 17.5 Å². The summed E-state index contributed by atoms with van der Waals surface area (Å²) in [5.74, 6) is -1.99. The molecule has 2 aliphatic rings. The van der Waals surface area contributed by atoms with Crippen molar-refractivity contribution in [3.63, 3.8) is 0 Å². The van der Waals surface area contributed by atoms with Crippen LogP contribution in [0.15, 0.2) is 35.5 Å². The molecule has 0 aromatic heterocycles. The minimum Gasteiger partial charge on any atom is -0.487 e. The molecule has 1 fully saturated rings. The molecule has 6 nitrogen and oxygen atoms in total. The predicted molar refractivity (Wildman–Crippen MR) is 88.0 cm³/mol. The van der Waals surface area contributed by atoms with Crippen LogP contribution >= 0.6 is 0 Å². The van der Waals surface area contributed by atoms with E-state index in [1.165, 1.54) is 18.3 Å². The van der Waals surface area contributed by atoms with Crippen molar-refractivity contribution in [2.45, 2.75) is 30.7 Å². The molecule has 0 radical (unpaired) electrons. The van der Waals surface area contributed by atoms with Gasteiger partial charge in [0.05, 0.1) is 5.56 Å². The summed E-state index contributed by atoms with van der Waals surface area (Å²) in [6.07, 6.45) is -3.93. The molecule has 0 spiro atoms. The molecule has 1 unspecified atom stereocenters. The van der Waals surface area contributed by atoms with Crippen LogP contribution in [0, 0.1) is 0 Å². The lowest BCUT2D eigenvalue weighted by Crippen LogP contribution is -2.49. The summed E-state index contributed by atoms with van der Waals surface area (Å²) in [4.78, 5) is 3.96. The number of halogens is 4. The predicted octanol–water partition coefficient (Wildman–Crippen LogP) is 1.33. The molecule has 26 heavy (non-hydrogen) atoms. The average Bonchev–Trinajstić information content (AvgIpc) is 2.56. The third-order valence-electron chi connectivity index (χ3n) is 4.21. The summed E-state index contributed by atoms with van der Waals surface area (Å²) in [7, 11) is 0. The number of nitrogens with zero attached hydrogens (tertiary/aromatic N) is 1. The van der Waals surface area contributed by atoms with Crippen LogP contribution in [0.4, 0.5) is 17.6 Å². The van der Waals surface area contributed by atoms with Gasteiger partial charge in [-0.25, -0.2) is 9.38 Å². The number of amidine groups is 1. The third kappa shape index (κ3) is 3.75. The summed E-state index contributed by atoms with van der Waals surface area (Å²) in [5, 5.41) is 5.50. The van der Waals surface area contributed by atoms with Crippen molar-refractivity contribution in [3.05, 3.63) is 41.6 Å². The van der Waals surface area contributed by atoms with E-state index in [1.807, 2.05) is 0 Å². The van der Waals surface area contributed by atoms with E-state index in [0.29, 0.717) is 6.54 Å². The molecule has 1 aromatic carbocycles. The van der Waals surface area contributed by atoms with Gasteiger partial charge in [0.15, 0.2) is 0 Å². The second kappa shape index (κ2) is 6.76. The molecule has 3 atom stereocenters. The fourth-order valence-electron chi connectivity index (χ4n) is 2.86. The molecule has 6 N–H and O–H groups in total. The second-order valence-electron chi connectivity index (χ2n) is 6.15. The van der Waals surface area contributed by atoms with Gasteiger partial charge in [-0.2, -0.15) is 13.2 Å². The minimum atomic E-state index is -4.71. The SMILES string of the molecule is NC1=NC(N)(c2ccc(O[C@H]3CCNC[C@@H]3F)c(C(F)(F)F)c2)NC=C1. The summed E-state index contributed by atoms with van der Waals surface area (Å²) in [6, 6.07) is 3.32. The Hall–Kier alpha value is -2.33. The number of nitrogens with one attached hydrogen (secondary N) is 2. The van der Waals surface area contributed by atoms with Gasteiger partial charge in [0.1, 0.15) is 23.9 Å². The molecule has 1 saturated heterocycles. The summed E-state index contributed by atoms with van der Waals surface area (Å²) in [6.45, 7) is 0.515.